The molecular weight excluding hydrogens is 453 g/mol. The highest BCUT2D eigenvalue weighted by Crippen LogP contribution is 2.50. The number of halogens is 3. The predicted molar refractivity (Wildman–Crippen MR) is 127 cm³/mol. The second-order valence-corrected chi connectivity index (χ2v) is 10.4. The van der Waals surface area contributed by atoms with Crippen LogP contribution < -0.4 is 4.74 Å². The first-order valence-corrected chi connectivity index (χ1v) is 12.1. The summed E-state index contributed by atoms with van der Waals surface area (Å²) in [7, 11) is 1.57. The van der Waals surface area contributed by atoms with Crippen LogP contribution in [0.4, 0.5) is 13.2 Å². The van der Waals surface area contributed by atoms with E-state index < -0.39 is 23.6 Å². The maximum Gasteiger partial charge on any atom is 0.168 e. The number of rotatable bonds is 2. The van der Waals surface area contributed by atoms with Gasteiger partial charge in [0.25, 0.3) is 0 Å². The molecule has 4 aliphatic rings. The van der Waals surface area contributed by atoms with Crippen molar-refractivity contribution < 1.29 is 27.5 Å². The number of piperidine rings is 3. The molecule has 3 aromatic rings. The van der Waals surface area contributed by atoms with Crippen LogP contribution in [0.2, 0.25) is 0 Å². The number of methoxy groups -OCH3 is 1. The predicted octanol–water partition coefficient (Wildman–Crippen LogP) is 5.59. The van der Waals surface area contributed by atoms with Crippen LogP contribution in [0, 0.1) is 36.2 Å². The summed E-state index contributed by atoms with van der Waals surface area (Å²) < 4.78 is 52.0. The molecule has 1 N–H and O–H groups in total. The minimum atomic E-state index is -1.16. The Labute approximate surface area is 202 Å². The monoisotopic (exact) mass is 481 g/mol. The van der Waals surface area contributed by atoms with E-state index >= 15 is 8.78 Å². The molecule has 5 unspecified atom stereocenters. The van der Waals surface area contributed by atoms with E-state index in [0.29, 0.717) is 45.7 Å². The van der Waals surface area contributed by atoms with Gasteiger partial charge in [-0.15, -0.1) is 6.58 Å². The number of aliphatic hydroxyl groups is 1. The van der Waals surface area contributed by atoms with Crippen molar-refractivity contribution in [3.8, 4) is 17.0 Å². The fourth-order valence-electron chi connectivity index (χ4n) is 6.87. The highest BCUT2D eigenvalue weighted by molar-refractivity contribution is 5.87. The first-order chi connectivity index (χ1) is 16.8. The number of benzene rings is 2. The Morgan fingerprint density at radius 1 is 1.17 bits per heavy atom. The SMILES string of the molecule is C=CC1C[N+]23CCC1CC2C(O)c1cc(nc2ccc(OC)cc12)-c1c(F)c(C)c(F)c(F)c1C3. The highest BCUT2D eigenvalue weighted by atomic mass is 19.2. The summed E-state index contributed by atoms with van der Waals surface area (Å²) in [5.41, 5.74) is 0.988. The number of quaternary nitrogens is 1. The Balaban J connectivity index is 1.71. The second kappa shape index (κ2) is 7.80. The Hall–Kier alpha value is -2.90. The fourth-order valence-corrected chi connectivity index (χ4v) is 6.87. The summed E-state index contributed by atoms with van der Waals surface area (Å²) in [5.74, 6) is -1.80. The number of aromatic nitrogens is 1. The van der Waals surface area contributed by atoms with Gasteiger partial charge in [0.05, 0.1) is 37.0 Å². The summed E-state index contributed by atoms with van der Waals surface area (Å²) in [6.07, 6.45) is 2.69. The lowest BCUT2D eigenvalue weighted by Gasteiger charge is -2.58. The number of nitrogens with zero attached hydrogens (tertiary/aromatic N) is 2. The highest BCUT2D eigenvalue weighted by Gasteiger charge is 2.55. The Morgan fingerprint density at radius 3 is 2.71 bits per heavy atom. The van der Waals surface area contributed by atoms with Gasteiger partial charge in [0.2, 0.25) is 0 Å². The molecule has 35 heavy (non-hydrogen) atoms. The number of pyridine rings is 1. The van der Waals surface area contributed by atoms with Gasteiger partial charge in [-0.25, -0.2) is 18.2 Å². The van der Waals surface area contributed by atoms with Gasteiger partial charge in [-0.1, -0.05) is 6.08 Å². The molecule has 2 aromatic carbocycles. The average molecular weight is 482 g/mol. The second-order valence-electron chi connectivity index (χ2n) is 10.4. The number of hydrogen-bond acceptors (Lipinski definition) is 3. The lowest BCUT2D eigenvalue weighted by molar-refractivity contribution is -0.985. The van der Waals surface area contributed by atoms with E-state index in [1.165, 1.54) is 6.92 Å². The Bertz CT molecular complexity index is 1390. The van der Waals surface area contributed by atoms with Crippen LogP contribution in [0.25, 0.3) is 22.2 Å². The molecule has 4 nitrogen and oxygen atoms in total. The summed E-state index contributed by atoms with van der Waals surface area (Å²) in [6.45, 7) is 6.70. The van der Waals surface area contributed by atoms with Crippen molar-refractivity contribution in [2.75, 3.05) is 20.2 Å². The number of fused-ring (bicyclic) bond motifs is 8. The molecule has 0 saturated carbocycles. The third kappa shape index (κ3) is 3.10. The van der Waals surface area contributed by atoms with E-state index in [9.17, 15) is 9.50 Å². The van der Waals surface area contributed by atoms with E-state index in [1.54, 1.807) is 25.3 Å². The van der Waals surface area contributed by atoms with Gasteiger partial charge in [-0.05, 0) is 42.7 Å². The Kier molecular flexibility index (Phi) is 5.03. The smallest absolute Gasteiger partial charge is 0.168 e. The molecule has 1 spiro atoms. The molecule has 4 aliphatic heterocycles. The molecule has 4 bridgehead atoms. The van der Waals surface area contributed by atoms with Crippen LogP contribution in [0.1, 0.15) is 35.6 Å². The molecule has 3 saturated heterocycles. The molecule has 0 amide bonds. The van der Waals surface area contributed by atoms with Crippen molar-refractivity contribution in [2.45, 2.75) is 38.5 Å². The maximum absolute atomic E-state index is 15.7. The van der Waals surface area contributed by atoms with E-state index in [0.717, 1.165) is 12.8 Å². The third-order valence-corrected chi connectivity index (χ3v) is 8.77. The van der Waals surface area contributed by atoms with Crippen molar-refractivity contribution >= 4 is 10.9 Å². The van der Waals surface area contributed by atoms with E-state index in [4.69, 9.17) is 4.74 Å². The minimum absolute atomic E-state index is 0.000765. The first-order valence-electron chi connectivity index (χ1n) is 12.1. The largest absolute Gasteiger partial charge is 0.497 e. The van der Waals surface area contributed by atoms with E-state index in [1.807, 2.05) is 12.1 Å². The van der Waals surface area contributed by atoms with Crippen LogP contribution in [0.15, 0.2) is 36.9 Å². The maximum atomic E-state index is 15.7. The third-order valence-electron chi connectivity index (χ3n) is 8.77. The zero-order chi connectivity index (χ0) is 24.6. The first kappa shape index (κ1) is 22.6. The normalized spacial score (nSPS) is 29.1. The lowest BCUT2D eigenvalue weighted by atomic mass is 9.71. The number of aliphatic hydroxyl groups excluding tert-OH is 1. The fraction of sp³-hybridized carbons (Fsp3) is 0.393. The topological polar surface area (TPSA) is 42.4 Å². The van der Waals surface area contributed by atoms with Crippen LogP contribution in [-0.2, 0) is 6.54 Å². The lowest BCUT2D eigenvalue weighted by Crippen LogP contribution is -2.67. The van der Waals surface area contributed by atoms with Gasteiger partial charge < -0.3 is 14.3 Å². The molecule has 5 atom stereocenters. The standard InChI is InChI=1S/C28H28F3N2O2/c1-4-15-12-33-8-7-16(15)9-23(33)28(34)19-11-22(32-21-6-5-17(35-3)10-18(19)21)24-20(13-33)27(31)26(30)14(2)25(24)29/h4-6,10-11,15-16,23,28,34H,1,7-9,12-13H2,2-3H3/q+1. The molecule has 1 aromatic heterocycles. The minimum Gasteiger partial charge on any atom is -0.497 e. The van der Waals surface area contributed by atoms with Crippen LogP contribution in [0.5, 0.6) is 5.75 Å². The molecule has 0 radical (unpaired) electrons. The van der Waals surface area contributed by atoms with Gasteiger partial charge in [0.15, 0.2) is 11.6 Å². The molecule has 7 rings (SSSR count). The average Bonchev–Trinajstić information content (AvgIpc) is 2.92. The Morgan fingerprint density at radius 2 is 1.97 bits per heavy atom. The molecule has 0 aliphatic carbocycles. The summed E-state index contributed by atoms with van der Waals surface area (Å²) in [6, 6.07) is 6.73. The quantitative estimate of drug-likeness (QED) is 0.295. The van der Waals surface area contributed by atoms with Gasteiger partial charge >= 0.3 is 0 Å². The molecule has 3 fully saturated rings. The molecular formula is C28H28F3N2O2+. The van der Waals surface area contributed by atoms with Crippen molar-refractivity contribution in [1.82, 2.24) is 4.98 Å². The van der Waals surface area contributed by atoms with Crippen LogP contribution in [-0.4, -0.2) is 40.8 Å². The van der Waals surface area contributed by atoms with Crippen LogP contribution in [0.3, 0.4) is 0 Å². The molecule has 5 heterocycles. The van der Waals surface area contributed by atoms with Crippen molar-refractivity contribution in [3.05, 3.63) is 71.1 Å². The van der Waals surface area contributed by atoms with Gasteiger partial charge in [-0.2, -0.15) is 0 Å². The van der Waals surface area contributed by atoms with E-state index in [-0.39, 0.29) is 40.9 Å². The summed E-state index contributed by atoms with van der Waals surface area (Å²) >= 11 is 0. The van der Waals surface area contributed by atoms with Crippen LogP contribution >= 0.6 is 0 Å². The van der Waals surface area contributed by atoms with Crippen molar-refractivity contribution in [2.24, 2.45) is 11.8 Å². The zero-order valence-electron chi connectivity index (χ0n) is 19.8. The van der Waals surface area contributed by atoms with Crippen molar-refractivity contribution in [3.63, 3.8) is 0 Å². The van der Waals surface area contributed by atoms with E-state index in [2.05, 4.69) is 11.6 Å². The molecule has 182 valence electrons. The van der Waals surface area contributed by atoms with Gasteiger partial charge in [0, 0.05) is 35.3 Å². The van der Waals surface area contributed by atoms with Gasteiger partial charge in [-0.3, -0.25) is 0 Å². The zero-order valence-corrected chi connectivity index (χ0v) is 19.8. The number of hydrogen-bond donors (Lipinski definition) is 1. The van der Waals surface area contributed by atoms with Gasteiger partial charge in [0.1, 0.15) is 30.3 Å². The number of ether oxygens (including phenoxy) is 1. The summed E-state index contributed by atoms with van der Waals surface area (Å²) in [4.78, 5) is 4.66. The summed E-state index contributed by atoms with van der Waals surface area (Å²) in [5, 5.41) is 12.6. The molecule has 7 heteroatoms. The van der Waals surface area contributed by atoms with Crippen molar-refractivity contribution in [1.29, 1.82) is 0 Å².